The van der Waals surface area contributed by atoms with E-state index >= 15 is 0 Å². The highest BCUT2D eigenvalue weighted by Gasteiger charge is 2.45. The van der Waals surface area contributed by atoms with Crippen LogP contribution in [-0.2, 0) is 11.2 Å². The summed E-state index contributed by atoms with van der Waals surface area (Å²) in [6.07, 6.45) is 4.02. The molecule has 3 aliphatic heterocycles. The van der Waals surface area contributed by atoms with Gasteiger partial charge in [0.25, 0.3) is 0 Å². The lowest BCUT2D eigenvalue weighted by atomic mass is 9.77. The first kappa shape index (κ1) is 14.8. The van der Waals surface area contributed by atoms with Crippen molar-refractivity contribution >= 4 is 5.91 Å². The highest BCUT2D eigenvalue weighted by atomic mass is 16.5. The summed E-state index contributed by atoms with van der Waals surface area (Å²) in [5.41, 5.74) is 2.51. The summed E-state index contributed by atoms with van der Waals surface area (Å²) in [4.78, 5) is 15.0. The quantitative estimate of drug-likeness (QED) is 0.905. The minimum absolute atomic E-state index is 0.165. The van der Waals surface area contributed by atoms with Crippen LogP contribution in [0.25, 0.3) is 0 Å². The average Bonchev–Trinajstić information content (AvgIpc) is 2.60. The number of amides is 1. The summed E-state index contributed by atoms with van der Waals surface area (Å²) in [6.45, 7) is 1.84. The number of nitrogens with one attached hydrogen (secondary N) is 1. The second-order valence-corrected chi connectivity index (χ2v) is 6.75. The van der Waals surface area contributed by atoms with Crippen LogP contribution >= 0.6 is 0 Å². The molecule has 5 nitrogen and oxygen atoms in total. The van der Waals surface area contributed by atoms with E-state index in [4.69, 9.17) is 9.47 Å². The molecule has 5 heteroatoms. The van der Waals surface area contributed by atoms with E-state index in [1.54, 1.807) is 14.2 Å². The van der Waals surface area contributed by atoms with Gasteiger partial charge in [-0.1, -0.05) is 0 Å². The molecule has 0 saturated carbocycles. The molecule has 23 heavy (non-hydrogen) atoms. The molecule has 0 bridgehead atoms. The van der Waals surface area contributed by atoms with E-state index < -0.39 is 0 Å². The molecule has 1 amide bonds. The number of carbonyl (C=O) groups excluding carboxylic acids is 1. The lowest BCUT2D eigenvalue weighted by Crippen LogP contribution is -2.57. The van der Waals surface area contributed by atoms with Crippen LogP contribution in [0.15, 0.2) is 12.1 Å². The average molecular weight is 316 g/mol. The van der Waals surface area contributed by atoms with E-state index in [2.05, 4.69) is 22.3 Å². The molecule has 3 atom stereocenters. The molecule has 0 radical (unpaired) electrons. The number of carbonyl (C=O) groups is 1. The lowest BCUT2D eigenvalue weighted by Gasteiger charge is -2.48. The Morgan fingerprint density at radius 3 is 2.78 bits per heavy atom. The summed E-state index contributed by atoms with van der Waals surface area (Å²) in [6, 6.07) is 4.63. The van der Waals surface area contributed by atoms with Gasteiger partial charge in [0.15, 0.2) is 11.5 Å². The summed E-state index contributed by atoms with van der Waals surface area (Å²) >= 11 is 0. The van der Waals surface area contributed by atoms with Crippen LogP contribution in [0.4, 0.5) is 0 Å². The van der Waals surface area contributed by atoms with Gasteiger partial charge in [0.1, 0.15) is 0 Å². The molecule has 0 spiro atoms. The Morgan fingerprint density at radius 1 is 1.22 bits per heavy atom. The fourth-order valence-electron chi connectivity index (χ4n) is 4.50. The lowest BCUT2D eigenvalue weighted by molar-refractivity contribution is -0.145. The van der Waals surface area contributed by atoms with Gasteiger partial charge < -0.3 is 19.7 Å². The molecule has 3 aliphatic rings. The topological polar surface area (TPSA) is 50.8 Å². The summed E-state index contributed by atoms with van der Waals surface area (Å²) in [7, 11) is 3.33. The van der Waals surface area contributed by atoms with Gasteiger partial charge in [-0.3, -0.25) is 4.79 Å². The first-order valence-corrected chi connectivity index (χ1v) is 8.51. The maximum atomic E-state index is 12.9. The van der Waals surface area contributed by atoms with E-state index in [1.807, 2.05) is 0 Å². The summed E-state index contributed by atoms with van der Waals surface area (Å²) in [5, 5.41) is 3.56. The summed E-state index contributed by atoms with van der Waals surface area (Å²) in [5.74, 6) is 2.02. The number of piperidine rings is 2. The molecule has 0 aromatic heterocycles. The molecule has 0 aliphatic carbocycles. The van der Waals surface area contributed by atoms with E-state index in [0.29, 0.717) is 11.9 Å². The molecule has 1 aromatic rings. The Hall–Kier alpha value is -1.75. The summed E-state index contributed by atoms with van der Waals surface area (Å²) < 4.78 is 10.9. The first-order chi connectivity index (χ1) is 11.2. The van der Waals surface area contributed by atoms with Crippen LogP contribution in [0.1, 0.15) is 36.4 Å². The van der Waals surface area contributed by atoms with Crippen molar-refractivity contribution in [1.82, 2.24) is 10.2 Å². The predicted molar refractivity (Wildman–Crippen MR) is 86.8 cm³/mol. The zero-order valence-corrected chi connectivity index (χ0v) is 13.8. The van der Waals surface area contributed by atoms with Gasteiger partial charge in [-0.2, -0.15) is 0 Å². The Balaban J connectivity index is 1.72. The Bertz CT molecular complexity index is 631. The van der Waals surface area contributed by atoms with Crippen LogP contribution in [-0.4, -0.2) is 44.2 Å². The monoisotopic (exact) mass is 316 g/mol. The van der Waals surface area contributed by atoms with E-state index in [9.17, 15) is 4.79 Å². The Kier molecular flexibility index (Phi) is 3.68. The smallest absolute Gasteiger partial charge is 0.227 e. The van der Waals surface area contributed by atoms with Gasteiger partial charge >= 0.3 is 0 Å². The number of ether oxygens (including phenoxy) is 2. The normalized spacial score (nSPS) is 29.4. The number of fused-ring (bicyclic) bond motifs is 4. The molecule has 3 heterocycles. The standard InChI is InChI=1S/C18H24N2O3/c1-22-16-8-11-5-7-20-15(13(11)9-17(16)23-2)10-14-12(18(20)21)4-3-6-19-14/h8-9,12,14-15,19H,3-7,10H2,1-2H3. The number of nitrogens with zero attached hydrogens (tertiary/aromatic N) is 1. The Morgan fingerprint density at radius 2 is 2.00 bits per heavy atom. The van der Waals surface area contributed by atoms with Crippen molar-refractivity contribution in [3.63, 3.8) is 0 Å². The minimum atomic E-state index is 0.165. The van der Waals surface area contributed by atoms with Crippen molar-refractivity contribution in [2.75, 3.05) is 27.3 Å². The maximum absolute atomic E-state index is 12.9. The third-order valence-corrected chi connectivity index (χ3v) is 5.66. The SMILES string of the molecule is COc1cc2c(cc1OC)C1CC3NCCCC3C(=O)N1CC2. The van der Waals surface area contributed by atoms with Crippen molar-refractivity contribution in [3.8, 4) is 11.5 Å². The van der Waals surface area contributed by atoms with Gasteiger partial charge in [-0.05, 0) is 55.5 Å². The minimum Gasteiger partial charge on any atom is -0.493 e. The second-order valence-electron chi connectivity index (χ2n) is 6.75. The third-order valence-electron chi connectivity index (χ3n) is 5.66. The fraction of sp³-hybridized carbons (Fsp3) is 0.611. The van der Waals surface area contributed by atoms with Gasteiger partial charge in [0.05, 0.1) is 26.2 Å². The zero-order chi connectivity index (χ0) is 16.0. The molecule has 2 fully saturated rings. The van der Waals surface area contributed by atoms with Crippen LogP contribution in [0.5, 0.6) is 11.5 Å². The number of methoxy groups -OCH3 is 2. The number of hydrogen-bond donors (Lipinski definition) is 1. The van der Waals surface area contributed by atoms with E-state index in [1.165, 1.54) is 11.1 Å². The van der Waals surface area contributed by atoms with Gasteiger partial charge in [0, 0.05) is 12.6 Å². The molecular formula is C18H24N2O3. The molecular weight excluding hydrogens is 292 g/mol. The van der Waals surface area contributed by atoms with Crippen molar-refractivity contribution in [3.05, 3.63) is 23.3 Å². The van der Waals surface area contributed by atoms with Crippen molar-refractivity contribution in [2.45, 2.75) is 37.8 Å². The highest BCUT2D eigenvalue weighted by molar-refractivity contribution is 5.82. The van der Waals surface area contributed by atoms with Crippen molar-refractivity contribution in [1.29, 1.82) is 0 Å². The zero-order valence-electron chi connectivity index (χ0n) is 13.8. The van der Waals surface area contributed by atoms with Crippen molar-refractivity contribution < 1.29 is 14.3 Å². The molecule has 1 N–H and O–H groups in total. The van der Waals surface area contributed by atoms with Gasteiger partial charge in [-0.15, -0.1) is 0 Å². The molecule has 4 rings (SSSR count). The molecule has 1 aromatic carbocycles. The van der Waals surface area contributed by atoms with Crippen LogP contribution < -0.4 is 14.8 Å². The molecule has 2 saturated heterocycles. The fourth-order valence-corrected chi connectivity index (χ4v) is 4.50. The van der Waals surface area contributed by atoms with Gasteiger partial charge in [0.2, 0.25) is 5.91 Å². The second kappa shape index (κ2) is 5.71. The number of benzene rings is 1. The first-order valence-electron chi connectivity index (χ1n) is 8.51. The largest absolute Gasteiger partial charge is 0.493 e. The maximum Gasteiger partial charge on any atom is 0.227 e. The van der Waals surface area contributed by atoms with Crippen LogP contribution in [0.3, 0.4) is 0 Å². The van der Waals surface area contributed by atoms with Gasteiger partial charge in [-0.25, -0.2) is 0 Å². The van der Waals surface area contributed by atoms with Crippen LogP contribution in [0, 0.1) is 5.92 Å². The highest BCUT2D eigenvalue weighted by Crippen LogP contribution is 2.44. The van der Waals surface area contributed by atoms with Crippen molar-refractivity contribution in [2.24, 2.45) is 5.92 Å². The van der Waals surface area contributed by atoms with Crippen LogP contribution in [0.2, 0.25) is 0 Å². The number of rotatable bonds is 2. The third kappa shape index (κ3) is 2.29. The Labute approximate surface area is 136 Å². The number of hydrogen-bond acceptors (Lipinski definition) is 4. The molecule has 3 unspecified atom stereocenters. The van der Waals surface area contributed by atoms with E-state index in [-0.39, 0.29) is 12.0 Å². The van der Waals surface area contributed by atoms with E-state index in [0.717, 1.165) is 50.3 Å². The molecule has 124 valence electrons. The predicted octanol–water partition coefficient (Wildman–Crippen LogP) is 1.90.